The van der Waals surface area contributed by atoms with Crippen LogP contribution in [-0.4, -0.2) is 9.97 Å². The zero-order chi connectivity index (χ0) is 18.5. The summed E-state index contributed by atoms with van der Waals surface area (Å²) < 4.78 is 6.03. The van der Waals surface area contributed by atoms with Gasteiger partial charge in [0, 0.05) is 27.5 Å². The van der Waals surface area contributed by atoms with E-state index < -0.39 is 0 Å². The number of fused-ring (bicyclic) bond motifs is 4. The van der Waals surface area contributed by atoms with Crippen LogP contribution in [-0.2, 0) is 6.42 Å². The molecule has 0 spiro atoms. The van der Waals surface area contributed by atoms with E-state index in [0.29, 0.717) is 0 Å². The summed E-state index contributed by atoms with van der Waals surface area (Å²) in [6.45, 7) is 0. The van der Waals surface area contributed by atoms with Crippen LogP contribution in [0.2, 0.25) is 0 Å². The van der Waals surface area contributed by atoms with Crippen LogP contribution in [0.5, 0.6) is 0 Å². The van der Waals surface area contributed by atoms with E-state index in [1.54, 1.807) is 0 Å². The molecule has 0 saturated heterocycles. The highest BCUT2D eigenvalue weighted by Gasteiger charge is 2.20. The van der Waals surface area contributed by atoms with Gasteiger partial charge in [-0.05, 0) is 24.6 Å². The largest absolute Gasteiger partial charge is 0.456 e. The monoisotopic (exact) mass is 360 g/mol. The number of hydrogen-bond donors (Lipinski definition) is 0. The van der Waals surface area contributed by atoms with E-state index in [1.165, 1.54) is 5.56 Å². The fourth-order valence-electron chi connectivity index (χ4n) is 4.05. The van der Waals surface area contributed by atoms with Crippen molar-refractivity contribution in [1.29, 1.82) is 0 Å². The van der Waals surface area contributed by atoms with Crippen molar-refractivity contribution in [2.75, 3.05) is 0 Å². The van der Waals surface area contributed by atoms with E-state index >= 15 is 0 Å². The first kappa shape index (κ1) is 15.3. The molecule has 3 aromatic carbocycles. The topological polar surface area (TPSA) is 38.9 Å². The van der Waals surface area contributed by atoms with E-state index in [9.17, 15) is 0 Å². The SMILES string of the molecule is C1=Cc2oc3cccc(-c4nc(-c5ccccc5)c5ccccc5n4)c3c2C1. The summed E-state index contributed by atoms with van der Waals surface area (Å²) in [5.41, 5.74) is 6.13. The molecule has 2 aromatic heterocycles. The molecular formula is C25H16N2O. The van der Waals surface area contributed by atoms with E-state index in [1.807, 2.05) is 42.5 Å². The van der Waals surface area contributed by atoms with Crippen LogP contribution in [0, 0.1) is 0 Å². The molecule has 0 amide bonds. The minimum Gasteiger partial charge on any atom is -0.456 e. The van der Waals surface area contributed by atoms with Crippen LogP contribution in [0.4, 0.5) is 0 Å². The molecule has 0 radical (unpaired) electrons. The highest BCUT2D eigenvalue weighted by atomic mass is 16.3. The van der Waals surface area contributed by atoms with Gasteiger partial charge in [0.15, 0.2) is 5.82 Å². The molecule has 6 rings (SSSR count). The molecule has 2 heterocycles. The average molecular weight is 360 g/mol. The molecular weight excluding hydrogens is 344 g/mol. The van der Waals surface area contributed by atoms with Crippen molar-refractivity contribution < 1.29 is 4.42 Å². The number of benzene rings is 3. The molecule has 3 heteroatoms. The van der Waals surface area contributed by atoms with Crippen molar-refractivity contribution in [2.45, 2.75) is 6.42 Å². The van der Waals surface area contributed by atoms with E-state index in [2.05, 4.69) is 42.5 Å². The Morgan fingerprint density at radius 1 is 0.786 bits per heavy atom. The lowest BCUT2D eigenvalue weighted by molar-refractivity contribution is 0.603. The number of furan rings is 1. The first-order valence-electron chi connectivity index (χ1n) is 9.42. The first-order chi connectivity index (χ1) is 13.9. The predicted octanol–water partition coefficient (Wildman–Crippen LogP) is 6.28. The molecule has 0 N–H and O–H groups in total. The summed E-state index contributed by atoms with van der Waals surface area (Å²) in [4.78, 5) is 9.94. The van der Waals surface area contributed by atoms with Gasteiger partial charge in [0.25, 0.3) is 0 Å². The Labute approximate surface area is 162 Å². The first-order valence-corrected chi connectivity index (χ1v) is 9.42. The number of hydrogen-bond acceptors (Lipinski definition) is 3. The van der Waals surface area contributed by atoms with E-state index in [-0.39, 0.29) is 0 Å². The summed E-state index contributed by atoms with van der Waals surface area (Å²) in [6.07, 6.45) is 5.08. The van der Waals surface area contributed by atoms with Crippen molar-refractivity contribution in [1.82, 2.24) is 9.97 Å². The smallest absolute Gasteiger partial charge is 0.161 e. The molecule has 28 heavy (non-hydrogen) atoms. The fraction of sp³-hybridized carbons (Fsp3) is 0.0400. The van der Waals surface area contributed by atoms with Gasteiger partial charge in [-0.15, -0.1) is 0 Å². The maximum Gasteiger partial charge on any atom is 0.161 e. The summed E-state index contributed by atoms with van der Waals surface area (Å²) in [7, 11) is 0. The number of nitrogens with zero attached hydrogens (tertiary/aromatic N) is 2. The van der Waals surface area contributed by atoms with Gasteiger partial charge in [-0.25, -0.2) is 9.97 Å². The van der Waals surface area contributed by atoms with Gasteiger partial charge in [-0.3, -0.25) is 0 Å². The Hall–Kier alpha value is -3.72. The van der Waals surface area contributed by atoms with Crippen LogP contribution in [0.3, 0.4) is 0 Å². The Morgan fingerprint density at radius 2 is 1.64 bits per heavy atom. The third-order valence-corrected chi connectivity index (χ3v) is 5.33. The summed E-state index contributed by atoms with van der Waals surface area (Å²) >= 11 is 0. The van der Waals surface area contributed by atoms with Crippen LogP contribution >= 0.6 is 0 Å². The highest BCUT2D eigenvalue weighted by Crippen LogP contribution is 2.38. The molecule has 0 unspecified atom stereocenters. The number of allylic oxidation sites excluding steroid dienone is 1. The quantitative estimate of drug-likeness (QED) is 0.372. The number of aromatic nitrogens is 2. The van der Waals surface area contributed by atoms with Crippen molar-refractivity contribution in [3.8, 4) is 22.6 Å². The Balaban J connectivity index is 1.68. The lowest BCUT2D eigenvalue weighted by atomic mass is 10.0. The standard InChI is InChI=1S/C25H16N2O/c1-2-8-16(9-3-1)24-17-10-4-5-13-20(17)26-25(27-24)19-12-7-15-22-23(19)18-11-6-14-21(18)28-22/h1-10,12-15H,11H2. The minimum absolute atomic E-state index is 0.735. The Bertz CT molecular complexity index is 1380. The highest BCUT2D eigenvalue weighted by molar-refractivity contribution is 6.00. The molecule has 0 aliphatic heterocycles. The molecule has 0 fully saturated rings. The molecule has 132 valence electrons. The van der Waals surface area contributed by atoms with Gasteiger partial charge in [0.05, 0.1) is 11.2 Å². The Morgan fingerprint density at radius 3 is 2.57 bits per heavy atom. The van der Waals surface area contributed by atoms with Crippen molar-refractivity contribution >= 4 is 27.9 Å². The number of para-hydroxylation sites is 1. The molecule has 0 bridgehead atoms. The Kier molecular flexibility index (Phi) is 3.23. The summed E-state index contributed by atoms with van der Waals surface area (Å²) in [5, 5.41) is 2.18. The van der Waals surface area contributed by atoms with E-state index in [0.717, 1.165) is 56.7 Å². The van der Waals surface area contributed by atoms with Crippen LogP contribution in [0.25, 0.3) is 50.6 Å². The maximum atomic E-state index is 6.03. The van der Waals surface area contributed by atoms with Gasteiger partial charge in [-0.2, -0.15) is 0 Å². The normalized spacial score (nSPS) is 12.7. The van der Waals surface area contributed by atoms with Crippen molar-refractivity contribution in [2.24, 2.45) is 0 Å². The number of rotatable bonds is 2. The zero-order valence-corrected chi connectivity index (χ0v) is 15.1. The minimum atomic E-state index is 0.735. The van der Waals surface area contributed by atoms with Gasteiger partial charge in [0.2, 0.25) is 0 Å². The second-order valence-electron chi connectivity index (χ2n) is 7.01. The maximum absolute atomic E-state index is 6.03. The lowest BCUT2D eigenvalue weighted by Crippen LogP contribution is -1.96. The fourth-order valence-corrected chi connectivity index (χ4v) is 4.05. The third kappa shape index (κ3) is 2.23. The van der Waals surface area contributed by atoms with Crippen LogP contribution < -0.4 is 0 Å². The molecule has 0 saturated carbocycles. The second kappa shape index (κ2) is 5.89. The molecule has 1 aliphatic rings. The van der Waals surface area contributed by atoms with Gasteiger partial charge >= 0.3 is 0 Å². The molecule has 5 aromatic rings. The second-order valence-corrected chi connectivity index (χ2v) is 7.01. The van der Waals surface area contributed by atoms with Crippen molar-refractivity contribution in [3.05, 3.63) is 90.2 Å². The third-order valence-electron chi connectivity index (χ3n) is 5.33. The van der Waals surface area contributed by atoms with Gasteiger partial charge in [-0.1, -0.05) is 66.7 Å². The van der Waals surface area contributed by atoms with Gasteiger partial charge in [0.1, 0.15) is 11.3 Å². The molecule has 3 nitrogen and oxygen atoms in total. The van der Waals surface area contributed by atoms with Crippen LogP contribution in [0.15, 0.2) is 83.3 Å². The average Bonchev–Trinajstić information content (AvgIpc) is 3.34. The summed E-state index contributed by atoms with van der Waals surface area (Å²) in [5.74, 6) is 1.69. The summed E-state index contributed by atoms with van der Waals surface area (Å²) in [6, 6.07) is 24.6. The lowest BCUT2D eigenvalue weighted by Gasteiger charge is -2.10. The molecule has 1 aliphatic carbocycles. The zero-order valence-electron chi connectivity index (χ0n) is 15.1. The van der Waals surface area contributed by atoms with Crippen molar-refractivity contribution in [3.63, 3.8) is 0 Å². The van der Waals surface area contributed by atoms with Crippen LogP contribution in [0.1, 0.15) is 11.3 Å². The van der Waals surface area contributed by atoms with E-state index in [4.69, 9.17) is 14.4 Å². The molecule has 0 atom stereocenters. The predicted molar refractivity (Wildman–Crippen MR) is 113 cm³/mol. The van der Waals surface area contributed by atoms with Gasteiger partial charge < -0.3 is 4.42 Å².